The Morgan fingerprint density at radius 2 is 1.85 bits per heavy atom. The van der Waals surface area contributed by atoms with Crippen molar-refractivity contribution < 1.29 is 14.6 Å². The van der Waals surface area contributed by atoms with E-state index in [1.165, 1.54) is 11.8 Å². The van der Waals surface area contributed by atoms with Crippen molar-refractivity contribution in [2.24, 2.45) is 0 Å². The standard InChI is InChI=1S/C25H28N4O3S/c1-5-29(6-2)21(31)14-33-25-20-11-19-18(13-30)12-26-16(4)22(19)32-24(20)27-23(28-25)17-9-7-15(3)8-10-17/h7-10,12,30H,5-6,11,13-14H2,1-4H3. The minimum atomic E-state index is -0.125. The zero-order valence-corrected chi connectivity index (χ0v) is 20.2. The molecular formula is C25H28N4O3S. The van der Waals surface area contributed by atoms with Gasteiger partial charge in [-0.1, -0.05) is 41.6 Å². The van der Waals surface area contributed by atoms with Crippen LogP contribution in [-0.4, -0.2) is 49.7 Å². The van der Waals surface area contributed by atoms with E-state index in [0.29, 0.717) is 37.0 Å². The summed E-state index contributed by atoms with van der Waals surface area (Å²) in [6.07, 6.45) is 2.20. The number of pyridine rings is 1. The predicted molar refractivity (Wildman–Crippen MR) is 129 cm³/mol. The fraction of sp³-hybridized carbons (Fsp3) is 0.360. The van der Waals surface area contributed by atoms with Gasteiger partial charge in [0.05, 0.1) is 23.6 Å². The first-order valence-corrected chi connectivity index (χ1v) is 12.1. The third-order valence-corrected chi connectivity index (χ3v) is 6.82. The summed E-state index contributed by atoms with van der Waals surface area (Å²) < 4.78 is 6.24. The molecule has 1 aliphatic heterocycles. The van der Waals surface area contributed by atoms with E-state index in [0.717, 1.165) is 38.5 Å². The number of hydrogen-bond donors (Lipinski definition) is 1. The molecule has 0 spiro atoms. The summed E-state index contributed by atoms with van der Waals surface area (Å²) in [6.45, 7) is 9.10. The molecule has 0 saturated carbocycles. The van der Waals surface area contributed by atoms with E-state index in [1.54, 1.807) is 6.20 Å². The molecule has 172 valence electrons. The molecule has 8 heteroatoms. The Balaban J connectivity index is 1.76. The van der Waals surface area contributed by atoms with Gasteiger partial charge in [0.15, 0.2) is 11.6 Å². The van der Waals surface area contributed by atoms with Crippen LogP contribution in [0.2, 0.25) is 0 Å². The van der Waals surface area contributed by atoms with Gasteiger partial charge >= 0.3 is 0 Å². The lowest BCUT2D eigenvalue weighted by atomic mass is 9.99. The molecular weight excluding hydrogens is 436 g/mol. The molecule has 1 aliphatic rings. The van der Waals surface area contributed by atoms with E-state index in [9.17, 15) is 9.90 Å². The van der Waals surface area contributed by atoms with Gasteiger partial charge in [0.25, 0.3) is 0 Å². The minimum absolute atomic E-state index is 0.0717. The fourth-order valence-corrected chi connectivity index (χ4v) is 4.77. The van der Waals surface area contributed by atoms with E-state index in [-0.39, 0.29) is 18.3 Å². The highest BCUT2D eigenvalue weighted by Gasteiger charge is 2.28. The summed E-state index contributed by atoms with van der Waals surface area (Å²) >= 11 is 1.41. The first-order chi connectivity index (χ1) is 15.9. The normalized spacial score (nSPS) is 12.0. The van der Waals surface area contributed by atoms with E-state index >= 15 is 0 Å². The summed E-state index contributed by atoms with van der Waals surface area (Å²) in [6, 6.07) is 8.01. The van der Waals surface area contributed by atoms with Gasteiger partial charge in [-0.2, -0.15) is 4.98 Å². The van der Waals surface area contributed by atoms with Crippen LogP contribution < -0.4 is 4.74 Å². The maximum absolute atomic E-state index is 12.7. The topological polar surface area (TPSA) is 88.4 Å². The number of amides is 1. The zero-order valence-electron chi connectivity index (χ0n) is 19.4. The van der Waals surface area contributed by atoms with E-state index in [1.807, 2.05) is 56.9 Å². The first kappa shape index (κ1) is 23.2. The molecule has 0 unspecified atom stereocenters. The third kappa shape index (κ3) is 4.72. The monoisotopic (exact) mass is 464 g/mol. The molecule has 0 atom stereocenters. The largest absolute Gasteiger partial charge is 0.436 e. The van der Waals surface area contributed by atoms with Crippen molar-refractivity contribution in [3.63, 3.8) is 0 Å². The van der Waals surface area contributed by atoms with Gasteiger partial charge in [-0.05, 0) is 27.7 Å². The Hall–Kier alpha value is -2.97. The summed E-state index contributed by atoms with van der Waals surface area (Å²) in [5.41, 5.74) is 5.22. The summed E-state index contributed by atoms with van der Waals surface area (Å²) in [5, 5.41) is 10.5. The molecule has 2 aromatic heterocycles. The Kier molecular flexibility index (Phi) is 6.95. The number of benzene rings is 1. The van der Waals surface area contributed by atoms with Crippen molar-refractivity contribution in [2.45, 2.75) is 45.7 Å². The van der Waals surface area contributed by atoms with Crippen LogP contribution in [0.4, 0.5) is 0 Å². The highest BCUT2D eigenvalue weighted by atomic mass is 32.2. The molecule has 0 fully saturated rings. The van der Waals surface area contributed by atoms with Crippen LogP contribution in [0.5, 0.6) is 11.6 Å². The highest BCUT2D eigenvalue weighted by molar-refractivity contribution is 7.99. The molecule has 1 amide bonds. The molecule has 0 aliphatic carbocycles. The molecule has 3 aromatic rings. The highest BCUT2D eigenvalue weighted by Crippen LogP contribution is 2.42. The van der Waals surface area contributed by atoms with Crippen molar-refractivity contribution in [3.05, 3.63) is 58.4 Å². The molecule has 0 saturated heterocycles. The van der Waals surface area contributed by atoms with Crippen molar-refractivity contribution >= 4 is 17.7 Å². The van der Waals surface area contributed by atoms with Crippen LogP contribution in [0.15, 0.2) is 35.5 Å². The molecule has 3 heterocycles. The van der Waals surface area contributed by atoms with Gasteiger partial charge < -0.3 is 14.7 Å². The molecule has 0 bridgehead atoms. The maximum Gasteiger partial charge on any atom is 0.232 e. The average Bonchev–Trinajstić information content (AvgIpc) is 2.83. The van der Waals surface area contributed by atoms with Crippen LogP contribution in [0.25, 0.3) is 11.4 Å². The SMILES string of the molecule is CCN(CC)C(=O)CSc1nc(-c2ccc(C)cc2)nc2c1Cc1c(CO)cnc(C)c1O2. The number of thioether (sulfide) groups is 1. The number of aliphatic hydroxyl groups is 1. The van der Waals surface area contributed by atoms with E-state index < -0.39 is 0 Å². The quantitative estimate of drug-likeness (QED) is 0.322. The Bertz CT molecular complexity index is 1180. The summed E-state index contributed by atoms with van der Waals surface area (Å²) in [4.78, 5) is 28.4. The smallest absolute Gasteiger partial charge is 0.232 e. The summed E-state index contributed by atoms with van der Waals surface area (Å²) in [5.74, 6) is 2.03. The number of aromatic nitrogens is 3. The van der Waals surface area contributed by atoms with E-state index in [4.69, 9.17) is 14.7 Å². The molecule has 0 radical (unpaired) electrons. The number of aryl methyl sites for hydroxylation is 2. The van der Waals surface area contributed by atoms with Crippen LogP contribution in [0.1, 0.15) is 41.8 Å². The lowest BCUT2D eigenvalue weighted by Gasteiger charge is -2.24. The number of carbonyl (C=O) groups excluding carboxylic acids is 1. The van der Waals surface area contributed by atoms with Gasteiger partial charge in [0, 0.05) is 42.4 Å². The van der Waals surface area contributed by atoms with Gasteiger partial charge in [0.1, 0.15) is 5.03 Å². The zero-order chi connectivity index (χ0) is 23.5. The van der Waals surface area contributed by atoms with Gasteiger partial charge in [-0.15, -0.1) is 0 Å². The Morgan fingerprint density at radius 1 is 1.12 bits per heavy atom. The number of ether oxygens (including phenoxy) is 1. The van der Waals surface area contributed by atoms with Crippen molar-refractivity contribution in [2.75, 3.05) is 18.8 Å². The molecule has 7 nitrogen and oxygen atoms in total. The van der Waals surface area contributed by atoms with E-state index in [2.05, 4.69) is 4.98 Å². The second-order valence-electron chi connectivity index (χ2n) is 7.97. The lowest BCUT2D eigenvalue weighted by Crippen LogP contribution is -2.31. The Labute approximate surface area is 198 Å². The van der Waals surface area contributed by atoms with Gasteiger partial charge in [-0.25, -0.2) is 4.98 Å². The number of nitrogens with zero attached hydrogens (tertiary/aromatic N) is 4. The molecule has 1 N–H and O–H groups in total. The van der Waals surface area contributed by atoms with Gasteiger partial charge in [-0.3, -0.25) is 9.78 Å². The number of hydrogen-bond acceptors (Lipinski definition) is 7. The second kappa shape index (κ2) is 9.89. The van der Waals surface area contributed by atoms with Crippen molar-refractivity contribution in [1.29, 1.82) is 0 Å². The maximum atomic E-state index is 12.7. The third-order valence-electron chi connectivity index (χ3n) is 5.82. The number of rotatable bonds is 7. The van der Waals surface area contributed by atoms with Gasteiger partial charge in [0.2, 0.25) is 11.8 Å². The molecule has 1 aromatic carbocycles. The number of aliphatic hydroxyl groups excluding tert-OH is 1. The first-order valence-electron chi connectivity index (χ1n) is 11.1. The van der Waals surface area contributed by atoms with Crippen molar-refractivity contribution in [1.82, 2.24) is 19.9 Å². The summed E-state index contributed by atoms with van der Waals surface area (Å²) in [7, 11) is 0. The number of fused-ring (bicyclic) bond motifs is 2. The van der Waals surface area contributed by atoms with Crippen LogP contribution in [0, 0.1) is 13.8 Å². The second-order valence-corrected chi connectivity index (χ2v) is 8.93. The average molecular weight is 465 g/mol. The van der Waals surface area contributed by atoms with Crippen LogP contribution >= 0.6 is 11.8 Å². The van der Waals surface area contributed by atoms with Crippen LogP contribution in [0.3, 0.4) is 0 Å². The molecule has 33 heavy (non-hydrogen) atoms. The predicted octanol–water partition coefficient (Wildman–Crippen LogP) is 4.30. The molecule has 4 rings (SSSR count). The Morgan fingerprint density at radius 3 is 2.52 bits per heavy atom. The minimum Gasteiger partial charge on any atom is -0.436 e. The lowest BCUT2D eigenvalue weighted by molar-refractivity contribution is -0.127. The van der Waals surface area contributed by atoms with Crippen molar-refractivity contribution in [3.8, 4) is 23.0 Å². The number of carbonyl (C=O) groups is 1. The van der Waals surface area contributed by atoms with Crippen LogP contribution in [-0.2, 0) is 17.8 Å². The fourth-order valence-electron chi connectivity index (χ4n) is 3.84.